The molecule has 148 valence electrons. The molecule has 1 unspecified atom stereocenters. The van der Waals surface area contributed by atoms with Gasteiger partial charge in [0.2, 0.25) is 0 Å². The SMILES string of the molecule is CN=C(NCCCOCC1CC1)NCCCOC(C)c1ccccc1.I. The van der Waals surface area contributed by atoms with E-state index in [1.54, 1.807) is 7.05 Å². The van der Waals surface area contributed by atoms with Crippen molar-refractivity contribution in [1.82, 2.24) is 10.6 Å². The summed E-state index contributed by atoms with van der Waals surface area (Å²) in [5, 5.41) is 6.64. The van der Waals surface area contributed by atoms with E-state index < -0.39 is 0 Å². The summed E-state index contributed by atoms with van der Waals surface area (Å²) in [6.07, 6.45) is 4.79. The van der Waals surface area contributed by atoms with Gasteiger partial charge in [-0.2, -0.15) is 0 Å². The van der Waals surface area contributed by atoms with Crippen molar-refractivity contribution in [3.8, 4) is 0 Å². The molecule has 0 aromatic heterocycles. The molecule has 1 aliphatic rings. The van der Waals surface area contributed by atoms with Crippen LogP contribution in [0.4, 0.5) is 0 Å². The molecule has 5 nitrogen and oxygen atoms in total. The fourth-order valence-corrected chi connectivity index (χ4v) is 2.50. The van der Waals surface area contributed by atoms with Crippen LogP contribution in [0, 0.1) is 5.92 Å². The second kappa shape index (κ2) is 14.2. The van der Waals surface area contributed by atoms with E-state index in [9.17, 15) is 0 Å². The predicted octanol–water partition coefficient (Wildman–Crippen LogP) is 3.75. The molecule has 1 aromatic rings. The van der Waals surface area contributed by atoms with Gasteiger partial charge < -0.3 is 20.1 Å². The molecule has 0 saturated heterocycles. The highest BCUT2D eigenvalue weighted by Gasteiger charge is 2.20. The van der Waals surface area contributed by atoms with Gasteiger partial charge in [0.15, 0.2) is 5.96 Å². The van der Waals surface area contributed by atoms with E-state index in [0.29, 0.717) is 0 Å². The number of nitrogens with one attached hydrogen (secondary N) is 2. The summed E-state index contributed by atoms with van der Waals surface area (Å²) >= 11 is 0. The van der Waals surface area contributed by atoms with E-state index in [1.807, 2.05) is 18.2 Å². The van der Waals surface area contributed by atoms with Gasteiger partial charge in [0.05, 0.1) is 6.10 Å². The Balaban J connectivity index is 0.00000338. The molecule has 1 aliphatic carbocycles. The van der Waals surface area contributed by atoms with Gasteiger partial charge >= 0.3 is 0 Å². The first-order chi connectivity index (χ1) is 12.3. The van der Waals surface area contributed by atoms with Gasteiger partial charge in [0, 0.05) is 40.0 Å². The molecular formula is C20H34IN3O2. The molecule has 0 aliphatic heterocycles. The van der Waals surface area contributed by atoms with Gasteiger partial charge in [-0.05, 0) is 44.1 Å². The van der Waals surface area contributed by atoms with Gasteiger partial charge in [0.1, 0.15) is 0 Å². The Morgan fingerprint density at radius 1 is 1.12 bits per heavy atom. The maximum Gasteiger partial charge on any atom is 0.190 e. The average molecular weight is 475 g/mol. The highest BCUT2D eigenvalue weighted by molar-refractivity contribution is 14.0. The number of halogens is 1. The van der Waals surface area contributed by atoms with Crippen molar-refractivity contribution in [2.24, 2.45) is 10.9 Å². The van der Waals surface area contributed by atoms with Gasteiger partial charge in [-0.1, -0.05) is 30.3 Å². The van der Waals surface area contributed by atoms with Gasteiger partial charge in [-0.25, -0.2) is 0 Å². The van der Waals surface area contributed by atoms with Crippen LogP contribution in [0.2, 0.25) is 0 Å². The standard InChI is InChI=1S/C20H33N3O2.HI/c1-17(19-8-4-3-5-9-19)25-15-7-13-23-20(21-2)22-12-6-14-24-16-18-10-11-18;/h3-5,8-9,17-18H,6-7,10-16H2,1-2H3,(H2,21,22,23);1H. The Bertz CT molecular complexity index is 495. The third-order valence-corrected chi connectivity index (χ3v) is 4.28. The molecule has 1 fully saturated rings. The van der Waals surface area contributed by atoms with Crippen LogP contribution >= 0.6 is 24.0 Å². The quantitative estimate of drug-likeness (QED) is 0.209. The van der Waals surface area contributed by atoms with E-state index in [0.717, 1.165) is 57.6 Å². The molecule has 2 rings (SSSR count). The number of rotatable bonds is 12. The topological polar surface area (TPSA) is 54.9 Å². The Hall–Kier alpha value is -0.860. The zero-order chi connectivity index (χ0) is 17.7. The molecule has 1 atom stereocenters. The minimum atomic E-state index is 0. The van der Waals surface area contributed by atoms with Crippen molar-refractivity contribution < 1.29 is 9.47 Å². The first-order valence-corrected chi connectivity index (χ1v) is 9.48. The number of hydrogen-bond acceptors (Lipinski definition) is 3. The molecule has 0 amide bonds. The number of hydrogen-bond donors (Lipinski definition) is 2. The number of aliphatic imine (C=N–C) groups is 1. The lowest BCUT2D eigenvalue weighted by Gasteiger charge is -2.15. The molecule has 0 bridgehead atoms. The van der Waals surface area contributed by atoms with Crippen LogP contribution in [0.1, 0.15) is 44.3 Å². The van der Waals surface area contributed by atoms with Crippen LogP contribution in [-0.2, 0) is 9.47 Å². The molecule has 2 N–H and O–H groups in total. The average Bonchev–Trinajstić information content (AvgIpc) is 3.47. The third-order valence-electron chi connectivity index (χ3n) is 4.28. The van der Waals surface area contributed by atoms with E-state index >= 15 is 0 Å². The van der Waals surface area contributed by atoms with Crippen LogP contribution in [0.5, 0.6) is 0 Å². The second-order valence-electron chi connectivity index (χ2n) is 6.57. The van der Waals surface area contributed by atoms with Crippen LogP contribution in [0.3, 0.4) is 0 Å². The van der Waals surface area contributed by atoms with Gasteiger partial charge in [0.25, 0.3) is 0 Å². The molecule has 0 radical (unpaired) electrons. The molecule has 26 heavy (non-hydrogen) atoms. The van der Waals surface area contributed by atoms with Crippen molar-refractivity contribution in [2.75, 3.05) is 40.0 Å². The summed E-state index contributed by atoms with van der Waals surface area (Å²) in [6, 6.07) is 10.3. The van der Waals surface area contributed by atoms with Crippen LogP contribution in [0.25, 0.3) is 0 Å². The Kier molecular flexibility index (Phi) is 12.7. The fraction of sp³-hybridized carbons (Fsp3) is 0.650. The lowest BCUT2D eigenvalue weighted by atomic mass is 10.1. The minimum Gasteiger partial charge on any atom is -0.381 e. The second-order valence-corrected chi connectivity index (χ2v) is 6.57. The molecule has 1 saturated carbocycles. The Labute approximate surface area is 175 Å². The minimum absolute atomic E-state index is 0. The Morgan fingerprint density at radius 2 is 1.77 bits per heavy atom. The number of ether oxygens (including phenoxy) is 2. The van der Waals surface area contributed by atoms with E-state index in [-0.39, 0.29) is 30.1 Å². The highest BCUT2D eigenvalue weighted by Crippen LogP contribution is 2.28. The summed E-state index contributed by atoms with van der Waals surface area (Å²) in [5.74, 6) is 1.69. The van der Waals surface area contributed by atoms with Crippen molar-refractivity contribution in [1.29, 1.82) is 0 Å². The molecule has 6 heteroatoms. The molecule has 1 aromatic carbocycles. The zero-order valence-corrected chi connectivity index (χ0v) is 18.4. The highest BCUT2D eigenvalue weighted by atomic mass is 127. The van der Waals surface area contributed by atoms with Crippen LogP contribution in [0.15, 0.2) is 35.3 Å². The van der Waals surface area contributed by atoms with Gasteiger partial charge in [-0.15, -0.1) is 24.0 Å². The predicted molar refractivity (Wildman–Crippen MR) is 118 cm³/mol. The first-order valence-electron chi connectivity index (χ1n) is 9.48. The largest absolute Gasteiger partial charge is 0.381 e. The third kappa shape index (κ3) is 10.3. The summed E-state index contributed by atoms with van der Waals surface area (Å²) in [4.78, 5) is 4.24. The number of benzene rings is 1. The molecule has 0 spiro atoms. The summed E-state index contributed by atoms with van der Waals surface area (Å²) in [5.41, 5.74) is 1.22. The van der Waals surface area contributed by atoms with Crippen LogP contribution in [-0.4, -0.2) is 45.9 Å². The fourth-order valence-electron chi connectivity index (χ4n) is 2.50. The summed E-state index contributed by atoms with van der Waals surface area (Å²) < 4.78 is 11.5. The van der Waals surface area contributed by atoms with E-state index in [4.69, 9.17) is 9.47 Å². The molecule has 0 heterocycles. The smallest absolute Gasteiger partial charge is 0.190 e. The van der Waals surface area contributed by atoms with Crippen LogP contribution < -0.4 is 10.6 Å². The number of guanidine groups is 1. The first kappa shape index (κ1) is 23.2. The zero-order valence-electron chi connectivity index (χ0n) is 16.1. The van der Waals surface area contributed by atoms with E-state index in [1.165, 1.54) is 18.4 Å². The normalized spacial score (nSPS) is 15.2. The van der Waals surface area contributed by atoms with Crippen molar-refractivity contribution in [3.63, 3.8) is 0 Å². The summed E-state index contributed by atoms with van der Waals surface area (Å²) in [7, 11) is 1.80. The monoisotopic (exact) mass is 475 g/mol. The number of nitrogens with zero attached hydrogens (tertiary/aromatic N) is 1. The van der Waals surface area contributed by atoms with Gasteiger partial charge in [-0.3, -0.25) is 4.99 Å². The van der Waals surface area contributed by atoms with Crippen molar-refractivity contribution in [3.05, 3.63) is 35.9 Å². The maximum atomic E-state index is 5.88. The summed E-state index contributed by atoms with van der Waals surface area (Å²) in [6.45, 7) is 6.31. The molecular weight excluding hydrogens is 441 g/mol. The Morgan fingerprint density at radius 3 is 2.38 bits per heavy atom. The lowest BCUT2D eigenvalue weighted by Crippen LogP contribution is -2.38. The maximum absolute atomic E-state index is 5.88. The van der Waals surface area contributed by atoms with Crippen molar-refractivity contribution in [2.45, 2.75) is 38.7 Å². The lowest BCUT2D eigenvalue weighted by molar-refractivity contribution is 0.0646. The van der Waals surface area contributed by atoms with E-state index in [2.05, 4.69) is 34.7 Å². The van der Waals surface area contributed by atoms with Crippen molar-refractivity contribution >= 4 is 29.9 Å².